The zero-order chi connectivity index (χ0) is 24.6. The molecule has 5 nitrogen and oxygen atoms in total. The summed E-state index contributed by atoms with van der Waals surface area (Å²) in [5.41, 5.74) is 0. The van der Waals surface area contributed by atoms with Crippen LogP contribution in [-0.2, 0) is 4.57 Å². The molecule has 0 aliphatic heterocycles. The van der Waals surface area contributed by atoms with Crippen molar-refractivity contribution in [1.82, 2.24) is 0 Å². The molecule has 0 atom stereocenters. The Kier molecular flexibility index (Phi) is 7.02. The minimum absolute atomic E-state index is 0.395. The molecule has 0 fully saturated rings. The highest BCUT2D eigenvalue weighted by Crippen LogP contribution is 2.48. The van der Waals surface area contributed by atoms with Crippen LogP contribution in [0.25, 0.3) is 0 Å². The van der Waals surface area contributed by atoms with Gasteiger partial charge >= 0.3 is 7.60 Å². The summed E-state index contributed by atoms with van der Waals surface area (Å²) >= 11 is 0. The predicted octanol–water partition coefficient (Wildman–Crippen LogP) is 8.25. The first-order valence-electron chi connectivity index (χ1n) is 11.4. The Bertz CT molecular complexity index is 1330. The van der Waals surface area contributed by atoms with Gasteiger partial charge in [-0.3, -0.25) is 0 Å². The van der Waals surface area contributed by atoms with E-state index < -0.39 is 7.60 Å². The van der Waals surface area contributed by atoms with Crippen molar-refractivity contribution in [2.24, 2.45) is 0 Å². The van der Waals surface area contributed by atoms with Crippen molar-refractivity contribution in [3.63, 3.8) is 0 Å². The number of rotatable bonds is 9. The summed E-state index contributed by atoms with van der Waals surface area (Å²) in [6.07, 6.45) is 0. The standard InChI is InChI=1S/C30H23O5P/c31-36(30-14-8-3-9-15-30,34-28-20-16-26(17-21-28)32-24-10-4-1-5-11-24)35-29-22-18-27(19-23-29)33-25-12-6-2-7-13-25/h1-23H. The van der Waals surface area contributed by atoms with Crippen LogP contribution in [0.2, 0.25) is 0 Å². The third-order valence-electron chi connectivity index (χ3n) is 5.13. The Morgan fingerprint density at radius 1 is 0.361 bits per heavy atom. The first kappa shape index (κ1) is 23.3. The quantitative estimate of drug-likeness (QED) is 0.193. The second-order valence-corrected chi connectivity index (χ2v) is 9.67. The highest BCUT2D eigenvalue weighted by atomic mass is 31.2. The van der Waals surface area contributed by atoms with Gasteiger partial charge in [-0.2, -0.15) is 0 Å². The summed E-state index contributed by atoms with van der Waals surface area (Å²) in [4.78, 5) is 0. The molecule has 5 aromatic rings. The maximum Gasteiger partial charge on any atom is 0.462 e. The van der Waals surface area contributed by atoms with Crippen LogP contribution in [0.15, 0.2) is 140 Å². The minimum atomic E-state index is -3.76. The zero-order valence-corrected chi connectivity index (χ0v) is 20.2. The van der Waals surface area contributed by atoms with E-state index in [4.69, 9.17) is 18.5 Å². The lowest BCUT2D eigenvalue weighted by atomic mass is 10.3. The molecule has 0 amide bonds. The summed E-state index contributed by atoms with van der Waals surface area (Å²) in [7, 11) is -3.76. The third kappa shape index (κ3) is 5.96. The molecule has 0 aliphatic rings. The Hall–Kier alpha value is -4.47. The summed E-state index contributed by atoms with van der Waals surface area (Å²) in [5.74, 6) is 3.52. The Labute approximate surface area is 210 Å². The van der Waals surface area contributed by atoms with Crippen molar-refractivity contribution in [3.8, 4) is 34.5 Å². The fourth-order valence-electron chi connectivity index (χ4n) is 3.40. The lowest BCUT2D eigenvalue weighted by molar-refractivity contribution is 0.398. The van der Waals surface area contributed by atoms with Crippen LogP contribution in [-0.4, -0.2) is 0 Å². The molecule has 0 radical (unpaired) electrons. The number of ether oxygens (including phenoxy) is 2. The molecule has 178 valence electrons. The molecule has 0 N–H and O–H groups in total. The molecular weight excluding hydrogens is 471 g/mol. The topological polar surface area (TPSA) is 54.0 Å². The van der Waals surface area contributed by atoms with E-state index in [0.717, 1.165) is 11.5 Å². The van der Waals surface area contributed by atoms with Crippen molar-refractivity contribution in [2.75, 3.05) is 0 Å². The highest BCUT2D eigenvalue weighted by molar-refractivity contribution is 7.63. The second kappa shape index (κ2) is 10.9. The number of para-hydroxylation sites is 2. The smallest absolute Gasteiger partial charge is 0.457 e. The first-order valence-corrected chi connectivity index (χ1v) is 12.9. The van der Waals surface area contributed by atoms with E-state index in [1.807, 2.05) is 66.7 Å². The third-order valence-corrected chi connectivity index (χ3v) is 6.96. The van der Waals surface area contributed by atoms with Gasteiger partial charge in [0.1, 0.15) is 34.5 Å². The predicted molar refractivity (Wildman–Crippen MR) is 141 cm³/mol. The van der Waals surface area contributed by atoms with Gasteiger partial charge < -0.3 is 18.5 Å². The van der Waals surface area contributed by atoms with Crippen LogP contribution < -0.4 is 23.8 Å². The van der Waals surface area contributed by atoms with Crippen molar-refractivity contribution < 1.29 is 23.1 Å². The number of hydrogen-bond donors (Lipinski definition) is 0. The van der Waals surface area contributed by atoms with E-state index in [-0.39, 0.29) is 0 Å². The molecule has 6 heteroatoms. The molecule has 0 bridgehead atoms. The SMILES string of the molecule is O=P(Oc1ccc(Oc2ccccc2)cc1)(Oc1ccc(Oc2ccccc2)cc1)c1ccccc1. The van der Waals surface area contributed by atoms with E-state index >= 15 is 0 Å². The largest absolute Gasteiger partial charge is 0.462 e. The van der Waals surface area contributed by atoms with Crippen molar-refractivity contribution >= 4 is 12.9 Å². The van der Waals surface area contributed by atoms with Crippen molar-refractivity contribution in [2.45, 2.75) is 0 Å². The Morgan fingerprint density at radius 3 is 1.06 bits per heavy atom. The molecular formula is C30H23O5P. The summed E-state index contributed by atoms with van der Waals surface area (Å²) in [5, 5.41) is 0.444. The maximum atomic E-state index is 14.0. The van der Waals surface area contributed by atoms with Gasteiger partial charge in [0.2, 0.25) is 0 Å². The summed E-state index contributed by atoms with van der Waals surface area (Å²) in [6, 6.07) is 41.7. The lowest BCUT2D eigenvalue weighted by Crippen LogP contribution is -2.14. The molecule has 0 heterocycles. The van der Waals surface area contributed by atoms with Crippen molar-refractivity contribution in [3.05, 3.63) is 140 Å². The van der Waals surface area contributed by atoms with E-state index in [1.54, 1.807) is 72.8 Å². The number of benzene rings is 5. The van der Waals surface area contributed by atoms with Crippen LogP contribution in [0.5, 0.6) is 34.5 Å². The van der Waals surface area contributed by atoms with Gasteiger partial charge in [0.05, 0.1) is 5.30 Å². The van der Waals surface area contributed by atoms with Gasteiger partial charge in [-0.05, 0) is 84.9 Å². The first-order chi connectivity index (χ1) is 17.7. The minimum Gasteiger partial charge on any atom is -0.457 e. The van der Waals surface area contributed by atoms with Crippen LogP contribution >= 0.6 is 7.60 Å². The molecule has 36 heavy (non-hydrogen) atoms. The van der Waals surface area contributed by atoms with E-state index in [9.17, 15) is 4.57 Å². The molecule has 0 unspecified atom stereocenters. The van der Waals surface area contributed by atoms with Crippen LogP contribution in [0.4, 0.5) is 0 Å². The van der Waals surface area contributed by atoms with Gasteiger partial charge in [-0.25, -0.2) is 4.57 Å². The fraction of sp³-hybridized carbons (Fsp3) is 0. The molecule has 5 aromatic carbocycles. The zero-order valence-electron chi connectivity index (χ0n) is 19.3. The average Bonchev–Trinajstić information content (AvgIpc) is 2.93. The molecule has 0 saturated carbocycles. The van der Waals surface area contributed by atoms with Crippen LogP contribution in [0.3, 0.4) is 0 Å². The van der Waals surface area contributed by atoms with Gasteiger partial charge in [0.25, 0.3) is 0 Å². The molecule has 0 spiro atoms. The van der Waals surface area contributed by atoms with Gasteiger partial charge in [0.15, 0.2) is 0 Å². The average molecular weight is 494 g/mol. The van der Waals surface area contributed by atoms with Gasteiger partial charge in [-0.1, -0.05) is 54.6 Å². The molecule has 0 saturated heterocycles. The maximum absolute atomic E-state index is 14.0. The van der Waals surface area contributed by atoms with Crippen LogP contribution in [0.1, 0.15) is 0 Å². The highest BCUT2D eigenvalue weighted by Gasteiger charge is 2.31. The molecule has 0 aromatic heterocycles. The molecule has 0 aliphatic carbocycles. The van der Waals surface area contributed by atoms with Crippen molar-refractivity contribution in [1.29, 1.82) is 0 Å². The van der Waals surface area contributed by atoms with E-state index in [1.165, 1.54) is 0 Å². The molecule has 5 rings (SSSR count). The van der Waals surface area contributed by atoms with E-state index in [0.29, 0.717) is 28.3 Å². The second-order valence-electron chi connectivity index (χ2n) is 7.79. The Balaban J connectivity index is 1.33. The van der Waals surface area contributed by atoms with E-state index in [2.05, 4.69) is 0 Å². The summed E-state index contributed by atoms with van der Waals surface area (Å²) < 4.78 is 37.6. The van der Waals surface area contributed by atoms with Gasteiger partial charge in [-0.15, -0.1) is 0 Å². The number of hydrogen-bond acceptors (Lipinski definition) is 5. The fourth-order valence-corrected chi connectivity index (χ4v) is 4.98. The normalized spacial score (nSPS) is 10.9. The summed E-state index contributed by atoms with van der Waals surface area (Å²) in [6.45, 7) is 0. The van der Waals surface area contributed by atoms with Crippen LogP contribution in [0, 0.1) is 0 Å². The monoisotopic (exact) mass is 494 g/mol. The van der Waals surface area contributed by atoms with Gasteiger partial charge in [0, 0.05) is 0 Å². The Morgan fingerprint density at radius 2 is 0.667 bits per heavy atom. The lowest BCUT2D eigenvalue weighted by Gasteiger charge is -2.20.